The quantitative estimate of drug-likeness (QED) is 0.782. The van der Waals surface area contributed by atoms with E-state index < -0.39 is 0 Å². The van der Waals surface area contributed by atoms with Gasteiger partial charge in [-0.05, 0) is 36.4 Å². The maximum Gasteiger partial charge on any atom is 0.131 e. The zero-order chi connectivity index (χ0) is 14.4. The lowest BCUT2D eigenvalue weighted by molar-refractivity contribution is 0.394. The molecule has 20 heavy (non-hydrogen) atoms. The van der Waals surface area contributed by atoms with Crippen molar-refractivity contribution in [2.75, 3.05) is 21.3 Å². The second-order valence-electron chi connectivity index (χ2n) is 4.06. The first-order chi connectivity index (χ1) is 9.76. The molecule has 0 heterocycles. The van der Waals surface area contributed by atoms with Gasteiger partial charge in [0.2, 0.25) is 0 Å². The molecule has 0 aliphatic rings. The van der Waals surface area contributed by atoms with Crippen molar-refractivity contribution in [2.45, 2.75) is 0 Å². The van der Waals surface area contributed by atoms with Crippen molar-refractivity contribution < 1.29 is 14.2 Å². The Kier molecular flexibility index (Phi) is 4.60. The fourth-order valence-corrected chi connectivity index (χ4v) is 1.74. The molecule has 4 heteroatoms. The molecule has 0 atom stereocenters. The highest BCUT2D eigenvalue weighted by atomic mass is 16.5. The van der Waals surface area contributed by atoms with Crippen LogP contribution in [0.15, 0.2) is 47.5 Å². The number of rotatable bonds is 5. The number of nitrogens with zero attached hydrogens (tertiary/aromatic N) is 1. The van der Waals surface area contributed by atoms with Gasteiger partial charge in [-0.2, -0.15) is 0 Å². The molecule has 4 nitrogen and oxygen atoms in total. The molecule has 0 spiro atoms. The standard InChI is InChI=1S/C16H17NO3/c1-18-14-8-5-13(6-9-14)17-11-12-4-7-15(19-2)10-16(12)20-3/h4-11H,1-3H3. The van der Waals surface area contributed by atoms with Gasteiger partial charge in [-0.1, -0.05) is 0 Å². The smallest absolute Gasteiger partial charge is 0.131 e. The Bertz CT molecular complexity index is 591. The Hall–Kier alpha value is -2.49. The highest BCUT2D eigenvalue weighted by Crippen LogP contribution is 2.24. The molecule has 0 unspecified atom stereocenters. The molecule has 104 valence electrons. The second-order valence-corrected chi connectivity index (χ2v) is 4.06. The zero-order valence-electron chi connectivity index (χ0n) is 11.8. The van der Waals surface area contributed by atoms with Crippen LogP contribution in [-0.4, -0.2) is 27.5 Å². The minimum Gasteiger partial charge on any atom is -0.497 e. The van der Waals surface area contributed by atoms with Crippen molar-refractivity contribution in [2.24, 2.45) is 4.99 Å². The average Bonchev–Trinajstić information content (AvgIpc) is 2.53. The van der Waals surface area contributed by atoms with Gasteiger partial charge >= 0.3 is 0 Å². The Labute approximate surface area is 118 Å². The molecule has 0 aromatic heterocycles. The van der Waals surface area contributed by atoms with Crippen LogP contribution in [0.5, 0.6) is 17.2 Å². The maximum atomic E-state index is 5.32. The SMILES string of the molecule is COc1ccc(N=Cc2ccc(OC)cc2OC)cc1. The van der Waals surface area contributed by atoms with Crippen LogP contribution in [0.3, 0.4) is 0 Å². The highest BCUT2D eigenvalue weighted by molar-refractivity contribution is 5.85. The molecule has 0 aliphatic heterocycles. The first-order valence-electron chi connectivity index (χ1n) is 6.17. The van der Waals surface area contributed by atoms with Gasteiger partial charge in [0.25, 0.3) is 0 Å². The molecule has 0 saturated heterocycles. The summed E-state index contributed by atoms with van der Waals surface area (Å²) in [6.07, 6.45) is 1.76. The van der Waals surface area contributed by atoms with Crippen LogP contribution >= 0.6 is 0 Å². The van der Waals surface area contributed by atoms with Gasteiger partial charge in [-0.3, -0.25) is 4.99 Å². The third kappa shape index (κ3) is 3.29. The van der Waals surface area contributed by atoms with E-state index in [1.54, 1.807) is 27.5 Å². The number of benzene rings is 2. The number of methoxy groups -OCH3 is 3. The van der Waals surface area contributed by atoms with Gasteiger partial charge in [0, 0.05) is 17.8 Å². The molecule has 0 saturated carbocycles. The van der Waals surface area contributed by atoms with E-state index in [0.717, 1.165) is 28.5 Å². The highest BCUT2D eigenvalue weighted by Gasteiger charge is 2.02. The van der Waals surface area contributed by atoms with Crippen LogP contribution in [0.25, 0.3) is 0 Å². The van der Waals surface area contributed by atoms with Crippen LogP contribution < -0.4 is 14.2 Å². The number of hydrogen-bond donors (Lipinski definition) is 0. The van der Waals surface area contributed by atoms with Crippen LogP contribution in [0, 0.1) is 0 Å². The minimum atomic E-state index is 0.724. The summed E-state index contributed by atoms with van der Waals surface area (Å²) in [5.74, 6) is 2.29. The molecule has 0 fully saturated rings. The van der Waals surface area contributed by atoms with Crippen molar-refractivity contribution in [3.05, 3.63) is 48.0 Å². The molecule has 0 aliphatic carbocycles. The van der Waals surface area contributed by atoms with E-state index in [-0.39, 0.29) is 0 Å². The van der Waals surface area contributed by atoms with Gasteiger partial charge in [-0.25, -0.2) is 0 Å². The lowest BCUT2D eigenvalue weighted by Crippen LogP contribution is -1.92. The monoisotopic (exact) mass is 271 g/mol. The molecular formula is C16H17NO3. The summed E-state index contributed by atoms with van der Waals surface area (Å²) in [6.45, 7) is 0. The Morgan fingerprint density at radius 2 is 1.45 bits per heavy atom. The molecular weight excluding hydrogens is 254 g/mol. The van der Waals surface area contributed by atoms with Crippen molar-refractivity contribution >= 4 is 11.9 Å². The van der Waals surface area contributed by atoms with E-state index in [0.29, 0.717) is 0 Å². The minimum absolute atomic E-state index is 0.724. The first kappa shape index (κ1) is 13.9. The molecule has 0 bridgehead atoms. The number of aliphatic imine (C=N–C) groups is 1. The van der Waals surface area contributed by atoms with Gasteiger partial charge < -0.3 is 14.2 Å². The summed E-state index contributed by atoms with van der Waals surface area (Å²) in [7, 11) is 4.89. The summed E-state index contributed by atoms with van der Waals surface area (Å²) >= 11 is 0. The van der Waals surface area contributed by atoms with Crippen LogP contribution in [0.1, 0.15) is 5.56 Å². The van der Waals surface area contributed by atoms with Gasteiger partial charge in [-0.15, -0.1) is 0 Å². The fourth-order valence-electron chi connectivity index (χ4n) is 1.74. The summed E-state index contributed by atoms with van der Waals surface area (Å²) in [4.78, 5) is 4.41. The predicted octanol–water partition coefficient (Wildman–Crippen LogP) is 3.46. The number of ether oxygens (including phenoxy) is 3. The Balaban J connectivity index is 2.21. The summed E-state index contributed by atoms with van der Waals surface area (Å²) in [5, 5.41) is 0. The maximum absolute atomic E-state index is 5.32. The normalized spacial score (nSPS) is 10.6. The van der Waals surface area contributed by atoms with E-state index in [4.69, 9.17) is 14.2 Å². The Morgan fingerprint density at radius 3 is 2.05 bits per heavy atom. The van der Waals surface area contributed by atoms with Crippen LogP contribution in [0.2, 0.25) is 0 Å². The summed E-state index contributed by atoms with van der Waals surface area (Å²) < 4.78 is 15.6. The molecule has 2 rings (SSSR count). The van der Waals surface area contributed by atoms with E-state index in [1.807, 2.05) is 42.5 Å². The zero-order valence-corrected chi connectivity index (χ0v) is 11.8. The van der Waals surface area contributed by atoms with Crippen molar-refractivity contribution in [1.82, 2.24) is 0 Å². The van der Waals surface area contributed by atoms with Gasteiger partial charge in [0.15, 0.2) is 0 Å². The summed E-state index contributed by atoms with van der Waals surface area (Å²) in [5.41, 5.74) is 1.74. The molecule has 2 aromatic carbocycles. The molecule has 2 aromatic rings. The van der Waals surface area contributed by atoms with E-state index in [9.17, 15) is 0 Å². The lowest BCUT2D eigenvalue weighted by atomic mass is 10.2. The lowest BCUT2D eigenvalue weighted by Gasteiger charge is -2.06. The fraction of sp³-hybridized carbons (Fsp3) is 0.188. The molecule has 0 radical (unpaired) electrons. The Morgan fingerprint density at radius 1 is 0.800 bits per heavy atom. The van der Waals surface area contributed by atoms with E-state index >= 15 is 0 Å². The van der Waals surface area contributed by atoms with E-state index in [1.165, 1.54) is 0 Å². The molecule has 0 N–H and O–H groups in total. The predicted molar refractivity (Wildman–Crippen MR) is 79.8 cm³/mol. The summed E-state index contributed by atoms with van der Waals surface area (Å²) in [6, 6.07) is 13.1. The van der Waals surface area contributed by atoms with Gasteiger partial charge in [0.05, 0.1) is 27.0 Å². The van der Waals surface area contributed by atoms with Crippen molar-refractivity contribution in [1.29, 1.82) is 0 Å². The van der Waals surface area contributed by atoms with Crippen LogP contribution in [0.4, 0.5) is 5.69 Å². The average molecular weight is 271 g/mol. The number of hydrogen-bond acceptors (Lipinski definition) is 4. The topological polar surface area (TPSA) is 40.0 Å². The third-order valence-corrected chi connectivity index (χ3v) is 2.87. The molecule has 0 amide bonds. The third-order valence-electron chi connectivity index (χ3n) is 2.87. The van der Waals surface area contributed by atoms with E-state index in [2.05, 4.69) is 4.99 Å². The van der Waals surface area contributed by atoms with Crippen LogP contribution in [-0.2, 0) is 0 Å². The largest absolute Gasteiger partial charge is 0.497 e. The van der Waals surface area contributed by atoms with Crippen molar-refractivity contribution in [3.63, 3.8) is 0 Å². The van der Waals surface area contributed by atoms with Crippen molar-refractivity contribution in [3.8, 4) is 17.2 Å². The second kappa shape index (κ2) is 6.61. The first-order valence-corrected chi connectivity index (χ1v) is 6.17. The van der Waals surface area contributed by atoms with Gasteiger partial charge in [0.1, 0.15) is 17.2 Å².